The smallest absolute Gasteiger partial charge is 0.337 e. The van der Waals surface area contributed by atoms with E-state index in [1.165, 1.54) is 25.3 Å². The lowest BCUT2D eigenvalue weighted by atomic mass is 10.0. The summed E-state index contributed by atoms with van der Waals surface area (Å²) in [6, 6.07) is 3.06. The largest absolute Gasteiger partial charge is 0.465 e. The third-order valence-electron chi connectivity index (χ3n) is 3.04. The maximum Gasteiger partial charge on any atom is 0.337 e. The van der Waals surface area contributed by atoms with Gasteiger partial charge in [-0.05, 0) is 24.1 Å². The number of methoxy groups -OCH3 is 1. The lowest BCUT2D eigenvalue weighted by molar-refractivity contribution is -0.118. The normalized spacial score (nSPS) is 12.3. The van der Waals surface area contributed by atoms with E-state index in [0.29, 0.717) is 0 Å². The Bertz CT molecular complexity index is 688. The van der Waals surface area contributed by atoms with E-state index >= 15 is 0 Å². The molecule has 7 nitrogen and oxygen atoms in total. The van der Waals surface area contributed by atoms with Gasteiger partial charge < -0.3 is 15.8 Å². The lowest BCUT2D eigenvalue weighted by Gasteiger charge is -2.16. The van der Waals surface area contributed by atoms with Crippen molar-refractivity contribution in [2.24, 2.45) is 11.7 Å². The van der Waals surface area contributed by atoms with Crippen LogP contribution in [0.25, 0.3) is 0 Å². The lowest BCUT2D eigenvalue weighted by Crippen LogP contribution is -2.39. The van der Waals surface area contributed by atoms with Crippen LogP contribution in [0.3, 0.4) is 0 Å². The molecule has 1 atom stereocenters. The van der Waals surface area contributed by atoms with Crippen molar-refractivity contribution in [3.05, 3.63) is 23.8 Å². The first kappa shape index (κ1) is 21.4. The minimum Gasteiger partial charge on any atom is -0.465 e. The van der Waals surface area contributed by atoms with Gasteiger partial charge in [-0.1, -0.05) is 13.8 Å². The molecule has 0 aliphatic carbocycles. The SMILES string of the molecule is COC(=O)c1cc(NC(=O)[C@@H](N)C(C)C)cc(S(C)(=O)=O)c1.Cl. The van der Waals surface area contributed by atoms with Crippen LogP contribution < -0.4 is 11.1 Å². The van der Waals surface area contributed by atoms with Gasteiger partial charge >= 0.3 is 5.97 Å². The topological polar surface area (TPSA) is 116 Å². The Labute approximate surface area is 141 Å². The van der Waals surface area contributed by atoms with E-state index < -0.39 is 27.8 Å². The zero-order chi connectivity index (χ0) is 17.1. The number of amides is 1. The number of carbonyl (C=O) groups excluding carboxylic acids is 2. The zero-order valence-electron chi connectivity index (χ0n) is 13.3. The molecule has 0 heterocycles. The monoisotopic (exact) mass is 364 g/mol. The van der Waals surface area contributed by atoms with Crippen LogP contribution in [-0.4, -0.2) is 39.7 Å². The molecule has 1 amide bonds. The Kier molecular flexibility index (Phi) is 7.69. The molecule has 0 spiro atoms. The number of hydrogen-bond acceptors (Lipinski definition) is 6. The average Bonchev–Trinajstić information content (AvgIpc) is 2.43. The molecule has 0 saturated carbocycles. The van der Waals surface area contributed by atoms with Crippen LogP contribution in [0.15, 0.2) is 23.1 Å². The highest BCUT2D eigenvalue weighted by atomic mass is 35.5. The molecular formula is C14H21ClN2O5S. The number of benzene rings is 1. The fraction of sp³-hybridized carbons (Fsp3) is 0.429. The first-order valence-corrected chi connectivity index (χ1v) is 8.45. The van der Waals surface area contributed by atoms with Gasteiger partial charge in [0.15, 0.2) is 9.84 Å². The molecule has 0 fully saturated rings. The fourth-order valence-corrected chi connectivity index (χ4v) is 2.33. The van der Waals surface area contributed by atoms with Gasteiger partial charge in [0.05, 0.1) is 23.6 Å². The second-order valence-electron chi connectivity index (χ2n) is 5.27. The maximum absolute atomic E-state index is 12.0. The van der Waals surface area contributed by atoms with Crippen LogP contribution in [0.2, 0.25) is 0 Å². The molecule has 0 bridgehead atoms. The summed E-state index contributed by atoms with van der Waals surface area (Å²) in [7, 11) is -2.37. The van der Waals surface area contributed by atoms with E-state index in [9.17, 15) is 18.0 Å². The maximum atomic E-state index is 12.0. The van der Waals surface area contributed by atoms with Gasteiger partial charge in [0.25, 0.3) is 0 Å². The number of anilines is 1. The van der Waals surface area contributed by atoms with Crippen molar-refractivity contribution in [3.8, 4) is 0 Å². The quantitative estimate of drug-likeness (QED) is 0.759. The van der Waals surface area contributed by atoms with Crippen molar-refractivity contribution in [2.75, 3.05) is 18.7 Å². The highest BCUT2D eigenvalue weighted by Gasteiger charge is 2.20. The van der Waals surface area contributed by atoms with Gasteiger partial charge in [0.2, 0.25) is 5.91 Å². The standard InChI is InChI=1S/C14H20N2O5S.ClH/c1-8(2)12(15)13(17)16-10-5-9(14(18)21-3)6-11(7-10)22(4,19)20;/h5-8,12H,15H2,1-4H3,(H,16,17);1H/t12-;/m0./s1. The van der Waals surface area contributed by atoms with Gasteiger partial charge in [0.1, 0.15) is 0 Å². The summed E-state index contributed by atoms with van der Waals surface area (Å²) >= 11 is 0. The number of ether oxygens (including phenoxy) is 1. The second kappa shape index (κ2) is 8.28. The Morgan fingerprint density at radius 1 is 1.22 bits per heavy atom. The Morgan fingerprint density at radius 3 is 2.22 bits per heavy atom. The highest BCUT2D eigenvalue weighted by molar-refractivity contribution is 7.90. The molecule has 0 aliphatic rings. The highest BCUT2D eigenvalue weighted by Crippen LogP contribution is 2.20. The van der Waals surface area contributed by atoms with E-state index in [4.69, 9.17) is 5.73 Å². The third kappa shape index (κ3) is 5.81. The zero-order valence-corrected chi connectivity index (χ0v) is 15.0. The van der Waals surface area contributed by atoms with Crippen LogP contribution in [0.1, 0.15) is 24.2 Å². The summed E-state index contributed by atoms with van der Waals surface area (Å²) < 4.78 is 28.0. The number of sulfone groups is 1. The molecule has 3 N–H and O–H groups in total. The Balaban J connectivity index is 0.00000484. The van der Waals surface area contributed by atoms with Crippen molar-refractivity contribution in [1.29, 1.82) is 0 Å². The molecule has 0 saturated heterocycles. The molecule has 1 aromatic carbocycles. The Hall–Kier alpha value is -1.64. The van der Waals surface area contributed by atoms with Crippen molar-refractivity contribution < 1.29 is 22.7 Å². The van der Waals surface area contributed by atoms with Crippen LogP contribution in [0, 0.1) is 5.92 Å². The fourth-order valence-electron chi connectivity index (χ4n) is 1.65. The number of carbonyl (C=O) groups is 2. The van der Waals surface area contributed by atoms with Gasteiger partial charge in [-0.3, -0.25) is 4.79 Å². The van der Waals surface area contributed by atoms with Crippen molar-refractivity contribution in [2.45, 2.75) is 24.8 Å². The molecule has 0 unspecified atom stereocenters. The summed E-state index contributed by atoms with van der Waals surface area (Å²) in [6.07, 6.45) is 1.01. The average molecular weight is 365 g/mol. The molecule has 0 aliphatic heterocycles. The number of hydrogen-bond donors (Lipinski definition) is 2. The number of nitrogens with two attached hydrogens (primary N) is 1. The summed E-state index contributed by atoms with van der Waals surface area (Å²) in [5, 5.41) is 2.52. The van der Waals surface area contributed by atoms with Crippen LogP contribution in [0.4, 0.5) is 5.69 Å². The van der Waals surface area contributed by atoms with Crippen LogP contribution in [0.5, 0.6) is 0 Å². The van der Waals surface area contributed by atoms with E-state index in [0.717, 1.165) is 6.26 Å². The number of esters is 1. The minimum absolute atomic E-state index is 0. The molecule has 1 aromatic rings. The van der Waals surface area contributed by atoms with Crippen molar-refractivity contribution in [1.82, 2.24) is 0 Å². The number of halogens is 1. The summed E-state index contributed by atoms with van der Waals surface area (Å²) in [4.78, 5) is 23.5. The number of nitrogens with one attached hydrogen (secondary N) is 1. The molecule has 23 heavy (non-hydrogen) atoms. The first-order valence-electron chi connectivity index (χ1n) is 6.56. The third-order valence-corrected chi connectivity index (χ3v) is 4.14. The molecular weight excluding hydrogens is 344 g/mol. The van der Waals surface area contributed by atoms with E-state index in [1.54, 1.807) is 13.8 Å². The summed E-state index contributed by atoms with van der Waals surface area (Å²) in [5.41, 5.74) is 5.93. The predicted molar refractivity (Wildman–Crippen MR) is 89.6 cm³/mol. The summed E-state index contributed by atoms with van der Waals surface area (Å²) in [6.45, 7) is 3.58. The summed E-state index contributed by atoms with van der Waals surface area (Å²) in [5.74, 6) is -1.25. The minimum atomic E-state index is -3.55. The Morgan fingerprint density at radius 2 is 1.78 bits per heavy atom. The van der Waals surface area contributed by atoms with Gasteiger partial charge in [-0.25, -0.2) is 13.2 Å². The molecule has 130 valence electrons. The predicted octanol–water partition coefficient (Wildman–Crippen LogP) is 1.22. The van der Waals surface area contributed by atoms with Gasteiger partial charge in [-0.15, -0.1) is 12.4 Å². The van der Waals surface area contributed by atoms with Crippen LogP contribution in [-0.2, 0) is 19.4 Å². The van der Waals surface area contributed by atoms with E-state index in [-0.39, 0.29) is 34.5 Å². The van der Waals surface area contributed by atoms with E-state index in [1.807, 2.05) is 0 Å². The first-order chi connectivity index (χ1) is 10.1. The van der Waals surface area contributed by atoms with Crippen LogP contribution >= 0.6 is 12.4 Å². The second-order valence-corrected chi connectivity index (χ2v) is 7.28. The van der Waals surface area contributed by atoms with Crippen molar-refractivity contribution >= 4 is 39.8 Å². The van der Waals surface area contributed by atoms with Crippen molar-refractivity contribution in [3.63, 3.8) is 0 Å². The molecule has 9 heteroatoms. The molecule has 0 radical (unpaired) electrons. The number of rotatable bonds is 5. The van der Waals surface area contributed by atoms with Gasteiger partial charge in [-0.2, -0.15) is 0 Å². The molecule has 0 aromatic heterocycles. The molecule has 1 rings (SSSR count). The van der Waals surface area contributed by atoms with E-state index in [2.05, 4.69) is 10.1 Å². The van der Waals surface area contributed by atoms with Gasteiger partial charge in [0, 0.05) is 11.9 Å².